The molecule has 0 aliphatic heterocycles. The van der Waals surface area contributed by atoms with Crippen LogP contribution in [0.25, 0.3) is 0 Å². The van der Waals surface area contributed by atoms with E-state index in [9.17, 15) is 14.4 Å². The van der Waals surface area contributed by atoms with Gasteiger partial charge in [0.2, 0.25) is 5.91 Å². The van der Waals surface area contributed by atoms with E-state index in [1.165, 1.54) is 11.1 Å². The van der Waals surface area contributed by atoms with E-state index < -0.39 is 5.92 Å². The minimum Gasteiger partial charge on any atom is -0.355 e. The fourth-order valence-corrected chi connectivity index (χ4v) is 4.79. The highest BCUT2D eigenvalue weighted by Crippen LogP contribution is 2.32. The smallest absolute Gasteiger partial charge is 0.259 e. The summed E-state index contributed by atoms with van der Waals surface area (Å²) in [5, 5.41) is 7.99. The molecule has 0 saturated carbocycles. The highest BCUT2D eigenvalue weighted by molar-refractivity contribution is 7.17. The number of thiazole rings is 1. The number of fused-ring (bicyclic) bond motifs is 1. The van der Waals surface area contributed by atoms with Gasteiger partial charge in [-0.05, 0) is 30.0 Å². The third kappa shape index (κ3) is 4.57. The molecule has 1 atom stereocenters. The number of ketones is 1. The summed E-state index contributed by atoms with van der Waals surface area (Å²) in [5.41, 5.74) is 0.987. The molecule has 2 N–H and O–H groups in total. The molecular weight excluding hydrogens is 408 g/mol. The summed E-state index contributed by atoms with van der Waals surface area (Å²) < 4.78 is 0. The van der Waals surface area contributed by atoms with Crippen molar-refractivity contribution in [2.24, 2.45) is 5.92 Å². The zero-order valence-corrected chi connectivity index (χ0v) is 17.0. The number of thiophene rings is 1. The molecule has 3 heterocycles. The van der Waals surface area contributed by atoms with Crippen LogP contribution < -0.4 is 10.6 Å². The lowest BCUT2D eigenvalue weighted by molar-refractivity contribution is -0.125. The number of aromatic nitrogens is 2. The first-order valence-electron chi connectivity index (χ1n) is 9.14. The van der Waals surface area contributed by atoms with Crippen LogP contribution in [0.15, 0.2) is 42.0 Å². The Morgan fingerprint density at radius 1 is 1.21 bits per heavy atom. The lowest BCUT2D eigenvalue weighted by Crippen LogP contribution is -2.36. The van der Waals surface area contributed by atoms with Gasteiger partial charge in [-0.2, -0.15) is 0 Å². The fourth-order valence-electron chi connectivity index (χ4n) is 3.14. The fraction of sp³-hybridized carbons (Fsp3) is 0.250. The molecule has 0 saturated heterocycles. The van der Waals surface area contributed by atoms with Gasteiger partial charge in [0, 0.05) is 36.7 Å². The maximum Gasteiger partial charge on any atom is 0.259 e. The minimum atomic E-state index is -0.428. The number of hydrogen-bond donors (Lipinski definition) is 2. The van der Waals surface area contributed by atoms with E-state index in [0.717, 1.165) is 17.8 Å². The number of hydrogen-bond acceptors (Lipinski definition) is 7. The molecule has 3 aromatic heterocycles. The van der Waals surface area contributed by atoms with Gasteiger partial charge in [0.1, 0.15) is 0 Å². The first-order chi connectivity index (χ1) is 14.1. The van der Waals surface area contributed by atoms with E-state index in [0.29, 0.717) is 34.2 Å². The van der Waals surface area contributed by atoms with Crippen molar-refractivity contribution < 1.29 is 14.4 Å². The average molecular weight is 427 g/mol. The molecule has 0 spiro atoms. The van der Waals surface area contributed by atoms with Gasteiger partial charge in [-0.1, -0.05) is 17.4 Å². The van der Waals surface area contributed by atoms with E-state index in [2.05, 4.69) is 20.6 Å². The van der Waals surface area contributed by atoms with E-state index in [-0.39, 0.29) is 24.0 Å². The second-order valence-corrected chi connectivity index (χ2v) is 8.67. The lowest BCUT2D eigenvalue weighted by Gasteiger charge is -2.19. The van der Waals surface area contributed by atoms with Gasteiger partial charge in [0.25, 0.3) is 5.91 Å². The van der Waals surface area contributed by atoms with Gasteiger partial charge in [0.15, 0.2) is 10.9 Å². The summed E-state index contributed by atoms with van der Waals surface area (Å²) in [6, 6.07) is 7.34. The van der Waals surface area contributed by atoms with Crippen LogP contribution in [-0.4, -0.2) is 34.1 Å². The summed E-state index contributed by atoms with van der Waals surface area (Å²) in [4.78, 5) is 47.3. The Kier molecular flexibility index (Phi) is 5.77. The summed E-state index contributed by atoms with van der Waals surface area (Å²) in [6.45, 7) is 0.542. The van der Waals surface area contributed by atoms with Crippen molar-refractivity contribution in [3.8, 4) is 0 Å². The molecule has 1 aliphatic rings. The Hall–Kier alpha value is -2.91. The molecule has 0 radical (unpaired) electrons. The summed E-state index contributed by atoms with van der Waals surface area (Å²) in [6.07, 6.45) is 4.38. The van der Waals surface area contributed by atoms with E-state index in [1.807, 2.05) is 17.5 Å². The van der Waals surface area contributed by atoms with Gasteiger partial charge < -0.3 is 5.32 Å². The van der Waals surface area contributed by atoms with Crippen molar-refractivity contribution in [3.63, 3.8) is 0 Å². The number of rotatable bonds is 6. The van der Waals surface area contributed by atoms with E-state index in [4.69, 9.17) is 0 Å². The maximum absolute atomic E-state index is 12.5. The van der Waals surface area contributed by atoms with Crippen LogP contribution in [0.1, 0.15) is 37.0 Å². The Balaban J connectivity index is 1.38. The maximum atomic E-state index is 12.5. The summed E-state index contributed by atoms with van der Waals surface area (Å²) >= 11 is 2.81. The first kappa shape index (κ1) is 19.4. The van der Waals surface area contributed by atoms with Gasteiger partial charge in [-0.15, -0.1) is 11.3 Å². The number of Topliss-reactive ketones (excluding diaryl/α,β-unsaturated/α-hetero) is 1. The number of carbonyl (C=O) groups excluding carboxylic acids is 3. The van der Waals surface area contributed by atoms with Gasteiger partial charge in [-0.25, -0.2) is 4.98 Å². The number of nitrogens with zero attached hydrogens (tertiary/aromatic N) is 2. The largest absolute Gasteiger partial charge is 0.355 e. The van der Waals surface area contributed by atoms with Crippen LogP contribution in [0.4, 0.5) is 5.13 Å². The predicted octanol–water partition coefficient (Wildman–Crippen LogP) is 2.96. The molecule has 0 aromatic carbocycles. The van der Waals surface area contributed by atoms with Crippen molar-refractivity contribution in [1.29, 1.82) is 0 Å². The second-order valence-electron chi connectivity index (χ2n) is 6.64. The third-order valence-corrected chi connectivity index (χ3v) is 6.58. The monoisotopic (exact) mass is 426 g/mol. The summed E-state index contributed by atoms with van der Waals surface area (Å²) in [5.74, 6) is -1.000. The average Bonchev–Trinajstić information content (AvgIpc) is 3.38. The number of amides is 2. The Morgan fingerprint density at radius 3 is 2.86 bits per heavy atom. The van der Waals surface area contributed by atoms with Gasteiger partial charge in [-0.3, -0.25) is 24.7 Å². The SMILES string of the molecule is O=C(Nc1nc2c(s1)C(=O)CC(C(=O)NCCc1cccs1)C2)c1cccnc1. The molecule has 4 rings (SSSR count). The summed E-state index contributed by atoms with van der Waals surface area (Å²) in [7, 11) is 0. The van der Waals surface area contributed by atoms with Crippen LogP contribution in [-0.2, 0) is 17.6 Å². The van der Waals surface area contributed by atoms with Crippen molar-refractivity contribution in [3.05, 3.63) is 63.1 Å². The molecule has 1 aliphatic carbocycles. The normalized spacial score (nSPS) is 15.6. The molecule has 3 aromatic rings. The van der Waals surface area contributed by atoms with Crippen molar-refractivity contribution in [1.82, 2.24) is 15.3 Å². The number of pyridine rings is 1. The molecule has 148 valence electrons. The highest BCUT2D eigenvalue weighted by Gasteiger charge is 2.33. The van der Waals surface area contributed by atoms with Crippen LogP contribution >= 0.6 is 22.7 Å². The molecule has 29 heavy (non-hydrogen) atoms. The van der Waals surface area contributed by atoms with Crippen LogP contribution in [0, 0.1) is 5.92 Å². The topological polar surface area (TPSA) is 101 Å². The van der Waals surface area contributed by atoms with E-state index >= 15 is 0 Å². The lowest BCUT2D eigenvalue weighted by atomic mass is 9.89. The molecule has 0 fully saturated rings. The van der Waals surface area contributed by atoms with Crippen molar-refractivity contribution in [2.75, 3.05) is 11.9 Å². The quantitative estimate of drug-likeness (QED) is 0.631. The first-order valence-corrected chi connectivity index (χ1v) is 10.8. The van der Waals surface area contributed by atoms with Crippen LogP contribution in [0.3, 0.4) is 0 Å². The number of nitrogens with one attached hydrogen (secondary N) is 2. The molecular formula is C20H18N4O3S2. The zero-order valence-electron chi connectivity index (χ0n) is 15.4. The van der Waals surface area contributed by atoms with Gasteiger partial charge in [0.05, 0.1) is 22.1 Å². The minimum absolute atomic E-state index is 0.107. The Labute approximate surface area is 175 Å². The van der Waals surface area contributed by atoms with E-state index in [1.54, 1.807) is 29.7 Å². The molecule has 9 heteroatoms. The predicted molar refractivity (Wildman–Crippen MR) is 111 cm³/mol. The van der Waals surface area contributed by atoms with Crippen molar-refractivity contribution >= 4 is 45.4 Å². The molecule has 7 nitrogen and oxygen atoms in total. The molecule has 2 amide bonds. The number of anilines is 1. The molecule has 0 bridgehead atoms. The Bertz CT molecular complexity index is 1030. The van der Waals surface area contributed by atoms with Crippen LogP contribution in [0.5, 0.6) is 0 Å². The van der Waals surface area contributed by atoms with Gasteiger partial charge >= 0.3 is 0 Å². The van der Waals surface area contributed by atoms with Crippen LogP contribution in [0.2, 0.25) is 0 Å². The highest BCUT2D eigenvalue weighted by atomic mass is 32.1. The van der Waals surface area contributed by atoms with Crippen molar-refractivity contribution in [2.45, 2.75) is 19.3 Å². The number of carbonyl (C=O) groups is 3. The molecule has 1 unspecified atom stereocenters. The zero-order chi connectivity index (χ0) is 20.2. The standard InChI is InChI=1S/C20H18N4O3S2/c25-16-10-13(18(26)22-7-5-14-4-2-8-28-14)9-15-17(16)29-20(23-15)24-19(27)12-3-1-6-21-11-12/h1-4,6,8,11,13H,5,7,9-10H2,(H,22,26)(H,23,24,27). The Morgan fingerprint density at radius 2 is 2.10 bits per heavy atom. The second kappa shape index (κ2) is 8.62. The third-order valence-electron chi connectivity index (χ3n) is 4.59.